The van der Waals surface area contributed by atoms with E-state index in [2.05, 4.69) is 25.2 Å². The molecule has 0 saturated heterocycles. The number of rotatable bonds is 6. The van der Waals surface area contributed by atoms with Gasteiger partial charge in [0, 0.05) is 19.1 Å². The molecule has 0 fully saturated rings. The van der Waals surface area contributed by atoms with Crippen LogP contribution in [0.2, 0.25) is 0 Å². The number of aliphatic hydroxyl groups is 1. The van der Waals surface area contributed by atoms with Crippen molar-refractivity contribution in [3.05, 3.63) is 23.8 Å². The highest BCUT2D eigenvalue weighted by Gasteiger charge is 2.12. The Bertz CT molecular complexity index is 194. The third-order valence-electron chi connectivity index (χ3n) is 2.28. The van der Waals surface area contributed by atoms with Crippen LogP contribution in [0, 0.1) is 5.92 Å². The van der Waals surface area contributed by atoms with Gasteiger partial charge in [-0.05, 0) is 12.8 Å². The van der Waals surface area contributed by atoms with Crippen LogP contribution in [0.1, 0.15) is 19.8 Å². The minimum atomic E-state index is 0.219. The van der Waals surface area contributed by atoms with Gasteiger partial charge in [-0.15, -0.1) is 0 Å². The minimum Gasteiger partial charge on any atom is -0.396 e. The van der Waals surface area contributed by atoms with Crippen LogP contribution in [-0.2, 0) is 4.74 Å². The topological polar surface area (TPSA) is 29.5 Å². The van der Waals surface area contributed by atoms with Crippen LogP contribution in [0.15, 0.2) is 23.8 Å². The number of ether oxygens (including phenoxy) is 1. The van der Waals surface area contributed by atoms with Crippen molar-refractivity contribution in [2.75, 3.05) is 19.8 Å². The molecule has 0 amide bonds. The predicted molar refractivity (Wildman–Crippen MR) is 53.5 cm³/mol. The summed E-state index contributed by atoms with van der Waals surface area (Å²) in [6.07, 6.45) is 8.28. The van der Waals surface area contributed by atoms with Crippen molar-refractivity contribution in [3.63, 3.8) is 0 Å². The molecule has 1 N–H and O–H groups in total. The van der Waals surface area contributed by atoms with Gasteiger partial charge in [0.15, 0.2) is 0 Å². The lowest BCUT2D eigenvalue weighted by Crippen LogP contribution is -2.09. The summed E-state index contributed by atoms with van der Waals surface area (Å²) in [4.78, 5) is 0. The Balaban J connectivity index is 2.14. The van der Waals surface area contributed by atoms with Crippen molar-refractivity contribution < 1.29 is 9.84 Å². The molecule has 0 unspecified atom stereocenters. The summed E-state index contributed by atoms with van der Waals surface area (Å²) in [7, 11) is 0. The molecule has 13 heavy (non-hydrogen) atoms. The van der Waals surface area contributed by atoms with Crippen molar-refractivity contribution in [1.82, 2.24) is 0 Å². The second-order valence-electron chi connectivity index (χ2n) is 3.24. The molecule has 1 atom stereocenters. The highest BCUT2D eigenvalue weighted by Crippen LogP contribution is 2.22. The quantitative estimate of drug-likeness (QED) is 0.636. The Labute approximate surface area is 79.9 Å². The van der Waals surface area contributed by atoms with Gasteiger partial charge in [0.05, 0.1) is 6.61 Å². The molecular formula is C11H18O2. The molecule has 74 valence electrons. The monoisotopic (exact) mass is 182 g/mol. The largest absolute Gasteiger partial charge is 0.396 e. The Morgan fingerprint density at radius 2 is 2.38 bits per heavy atom. The van der Waals surface area contributed by atoms with Crippen LogP contribution in [0.5, 0.6) is 0 Å². The average Bonchev–Trinajstić information content (AvgIpc) is 2.60. The number of aliphatic hydroxyl groups excluding tert-OH is 1. The maximum absolute atomic E-state index is 8.55. The molecule has 0 bridgehead atoms. The zero-order valence-electron chi connectivity index (χ0n) is 8.20. The van der Waals surface area contributed by atoms with Crippen molar-refractivity contribution in [2.45, 2.75) is 19.8 Å². The van der Waals surface area contributed by atoms with E-state index in [-0.39, 0.29) is 6.61 Å². The first-order valence-corrected chi connectivity index (χ1v) is 4.94. The Kier molecular flexibility index (Phi) is 4.79. The van der Waals surface area contributed by atoms with E-state index < -0.39 is 0 Å². The normalized spacial score (nSPS) is 20.8. The first-order chi connectivity index (χ1) is 6.38. The average molecular weight is 182 g/mol. The molecule has 1 aliphatic carbocycles. The van der Waals surface area contributed by atoms with Crippen LogP contribution < -0.4 is 0 Å². The molecular weight excluding hydrogens is 164 g/mol. The van der Waals surface area contributed by atoms with Crippen molar-refractivity contribution >= 4 is 0 Å². The van der Waals surface area contributed by atoms with E-state index in [4.69, 9.17) is 9.84 Å². The lowest BCUT2D eigenvalue weighted by Gasteiger charge is -2.12. The third-order valence-corrected chi connectivity index (χ3v) is 2.28. The lowest BCUT2D eigenvalue weighted by atomic mass is 10.0. The van der Waals surface area contributed by atoms with E-state index in [9.17, 15) is 0 Å². The highest BCUT2D eigenvalue weighted by atomic mass is 16.5. The lowest BCUT2D eigenvalue weighted by molar-refractivity contribution is 0.104. The van der Waals surface area contributed by atoms with E-state index in [0.717, 1.165) is 19.4 Å². The Hall–Kier alpha value is -0.600. The third kappa shape index (κ3) is 3.33. The zero-order valence-corrected chi connectivity index (χ0v) is 8.20. The molecule has 2 nitrogen and oxygen atoms in total. The molecule has 0 radical (unpaired) electrons. The molecule has 0 saturated carbocycles. The summed E-state index contributed by atoms with van der Waals surface area (Å²) in [6.45, 7) is 3.81. The predicted octanol–water partition coefficient (Wildman–Crippen LogP) is 1.91. The fraction of sp³-hybridized carbons (Fsp3) is 0.636. The summed E-state index contributed by atoms with van der Waals surface area (Å²) in [5, 5.41) is 8.55. The van der Waals surface area contributed by atoms with Gasteiger partial charge in [-0.25, -0.2) is 0 Å². The molecule has 0 aromatic heterocycles. The van der Waals surface area contributed by atoms with E-state index in [0.29, 0.717) is 12.5 Å². The van der Waals surface area contributed by atoms with E-state index in [1.165, 1.54) is 5.57 Å². The molecule has 0 aromatic rings. The molecule has 0 heterocycles. The van der Waals surface area contributed by atoms with Crippen molar-refractivity contribution in [1.29, 1.82) is 0 Å². The Morgan fingerprint density at radius 1 is 1.54 bits per heavy atom. The van der Waals surface area contributed by atoms with Crippen LogP contribution in [-0.4, -0.2) is 24.9 Å². The van der Waals surface area contributed by atoms with E-state index in [1.54, 1.807) is 0 Å². The van der Waals surface area contributed by atoms with Gasteiger partial charge in [0.25, 0.3) is 0 Å². The van der Waals surface area contributed by atoms with E-state index >= 15 is 0 Å². The van der Waals surface area contributed by atoms with Crippen LogP contribution in [0.4, 0.5) is 0 Å². The highest BCUT2D eigenvalue weighted by molar-refractivity contribution is 5.27. The van der Waals surface area contributed by atoms with Gasteiger partial charge in [-0.1, -0.05) is 30.7 Å². The maximum Gasteiger partial charge on any atom is 0.0566 e. The molecule has 0 aliphatic heterocycles. The summed E-state index contributed by atoms with van der Waals surface area (Å²) >= 11 is 0. The zero-order chi connectivity index (χ0) is 9.52. The number of allylic oxidation sites excluding steroid dienone is 2. The first-order valence-electron chi connectivity index (χ1n) is 4.94. The van der Waals surface area contributed by atoms with Gasteiger partial charge in [-0.2, -0.15) is 0 Å². The SMILES string of the molecule is CCC1=CC=C[C@@H]1COCCCO. The molecule has 1 aliphatic rings. The summed E-state index contributed by atoms with van der Waals surface area (Å²) in [5.41, 5.74) is 1.45. The van der Waals surface area contributed by atoms with Gasteiger partial charge >= 0.3 is 0 Å². The summed E-state index contributed by atoms with van der Waals surface area (Å²) in [6, 6.07) is 0. The van der Waals surface area contributed by atoms with Crippen LogP contribution in [0.3, 0.4) is 0 Å². The van der Waals surface area contributed by atoms with Crippen LogP contribution >= 0.6 is 0 Å². The second kappa shape index (κ2) is 5.95. The fourth-order valence-corrected chi connectivity index (χ4v) is 1.48. The first kappa shape index (κ1) is 10.5. The Morgan fingerprint density at radius 3 is 3.08 bits per heavy atom. The van der Waals surface area contributed by atoms with Crippen LogP contribution in [0.25, 0.3) is 0 Å². The fourth-order valence-electron chi connectivity index (χ4n) is 1.48. The smallest absolute Gasteiger partial charge is 0.0566 e. The second-order valence-corrected chi connectivity index (χ2v) is 3.24. The minimum absolute atomic E-state index is 0.219. The van der Waals surface area contributed by atoms with Gasteiger partial charge in [-0.3, -0.25) is 0 Å². The molecule has 1 rings (SSSR count). The standard InChI is InChI=1S/C11H18O2/c1-2-10-5-3-6-11(10)9-13-8-4-7-12/h3,5-6,11-12H,2,4,7-9H2,1H3/t11-/m1/s1. The number of hydrogen-bond donors (Lipinski definition) is 1. The molecule has 2 heteroatoms. The van der Waals surface area contributed by atoms with Gasteiger partial charge < -0.3 is 9.84 Å². The summed E-state index contributed by atoms with van der Waals surface area (Å²) < 4.78 is 5.44. The van der Waals surface area contributed by atoms with Gasteiger partial charge in [0.1, 0.15) is 0 Å². The van der Waals surface area contributed by atoms with Crippen molar-refractivity contribution in [2.24, 2.45) is 5.92 Å². The van der Waals surface area contributed by atoms with E-state index in [1.807, 2.05) is 0 Å². The van der Waals surface area contributed by atoms with Gasteiger partial charge in [0.2, 0.25) is 0 Å². The number of hydrogen-bond acceptors (Lipinski definition) is 2. The van der Waals surface area contributed by atoms with Crippen molar-refractivity contribution in [3.8, 4) is 0 Å². The summed E-state index contributed by atoms with van der Waals surface area (Å²) in [5.74, 6) is 0.476. The maximum atomic E-state index is 8.55. The molecule has 0 aromatic carbocycles. The molecule has 0 spiro atoms.